The summed E-state index contributed by atoms with van der Waals surface area (Å²) in [5.41, 5.74) is 7.98. The van der Waals surface area contributed by atoms with Gasteiger partial charge in [0.25, 0.3) is 5.91 Å². The molecule has 5 atom stereocenters. The Bertz CT molecular complexity index is 1040. The van der Waals surface area contributed by atoms with Gasteiger partial charge in [-0.3, -0.25) is 9.59 Å². The van der Waals surface area contributed by atoms with E-state index in [2.05, 4.69) is 38.8 Å². The molecule has 0 spiro atoms. The first kappa shape index (κ1) is 20.9. The Morgan fingerprint density at radius 1 is 1.12 bits per heavy atom. The third-order valence-electron chi connectivity index (χ3n) is 7.93. The summed E-state index contributed by atoms with van der Waals surface area (Å²) in [6.45, 7) is 5.77. The number of aromatic nitrogens is 2. The van der Waals surface area contributed by atoms with Crippen molar-refractivity contribution in [2.75, 3.05) is 5.73 Å². The molecule has 7 heteroatoms. The van der Waals surface area contributed by atoms with Crippen molar-refractivity contribution < 1.29 is 9.59 Å². The zero-order valence-corrected chi connectivity index (χ0v) is 19.0. The number of fused-ring (bicyclic) bond motifs is 1. The fraction of sp³-hybridized carbons (Fsp3) is 0.520. The second-order valence-corrected chi connectivity index (χ2v) is 9.89. The number of carbonyl (C=O) groups is 2. The van der Waals surface area contributed by atoms with Gasteiger partial charge >= 0.3 is 0 Å². The lowest BCUT2D eigenvalue weighted by atomic mass is 9.64. The summed E-state index contributed by atoms with van der Waals surface area (Å²) < 4.78 is 0. The Morgan fingerprint density at radius 3 is 2.47 bits per heavy atom. The average Bonchev–Trinajstić information content (AvgIpc) is 3.06. The van der Waals surface area contributed by atoms with Crippen LogP contribution < -0.4 is 5.73 Å². The number of hydrogen-bond donors (Lipinski definition) is 1. The van der Waals surface area contributed by atoms with Crippen molar-refractivity contribution in [3.8, 4) is 0 Å². The Kier molecular flexibility index (Phi) is 4.95. The minimum absolute atomic E-state index is 0.00119. The van der Waals surface area contributed by atoms with E-state index in [1.165, 1.54) is 5.56 Å². The predicted molar refractivity (Wildman–Crippen MR) is 122 cm³/mol. The van der Waals surface area contributed by atoms with Crippen molar-refractivity contribution in [3.63, 3.8) is 0 Å². The molecule has 3 aliphatic rings. The van der Waals surface area contributed by atoms with Crippen molar-refractivity contribution in [2.24, 2.45) is 5.41 Å². The molecule has 2 saturated heterocycles. The average molecular weight is 434 g/mol. The highest BCUT2D eigenvalue weighted by Crippen LogP contribution is 2.56. The number of rotatable bonds is 3. The molecule has 168 valence electrons. The molecule has 32 heavy (non-hydrogen) atoms. The topological polar surface area (TPSA) is 92.4 Å². The van der Waals surface area contributed by atoms with Crippen molar-refractivity contribution in [1.82, 2.24) is 19.8 Å². The van der Waals surface area contributed by atoms with Crippen LogP contribution in [0.15, 0.2) is 36.4 Å². The normalized spacial score (nSPS) is 31.0. The maximum atomic E-state index is 14.0. The van der Waals surface area contributed by atoms with Crippen LogP contribution in [0.25, 0.3) is 0 Å². The molecule has 3 fully saturated rings. The van der Waals surface area contributed by atoms with Crippen LogP contribution in [0.3, 0.4) is 0 Å². The van der Waals surface area contributed by atoms with Gasteiger partial charge in [-0.15, -0.1) is 0 Å². The van der Waals surface area contributed by atoms with Crippen LogP contribution in [0, 0.1) is 12.3 Å². The molecular weight excluding hydrogens is 402 g/mol. The number of nitrogens with zero attached hydrogens (tertiary/aromatic N) is 4. The van der Waals surface area contributed by atoms with E-state index in [1.807, 2.05) is 25.1 Å². The number of benzene rings is 1. The molecule has 7 nitrogen and oxygen atoms in total. The number of nitrogens with two attached hydrogens (primary N) is 1. The molecule has 1 aromatic carbocycles. The molecule has 1 aliphatic carbocycles. The molecule has 5 rings (SSSR count). The number of piperidine rings is 1. The van der Waals surface area contributed by atoms with E-state index in [-0.39, 0.29) is 47.3 Å². The number of likely N-dealkylation sites (tertiary alicyclic amines) is 2. The SMILES string of the molecule is CC(=O)N1[C@H]2CCC[C@H]3N(C(=O)c4cc(C)nc(N)n4)[C@@H](Cc4ccccc4)[C@@H]1C[C@@]23C. The van der Waals surface area contributed by atoms with E-state index in [0.29, 0.717) is 17.8 Å². The molecule has 2 bridgehead atoms. The fourth-order valence-corrected chi connectivity index (χ4v) is 6.76. The highest BCUT2D eigenvalue weighted by Gasteiger charge is 2.64. The first-order chi connectivity index (χ1) is 15.3. The lowest BCUT2D eigenvalue weighted by Crippen LogP contribution is -2.62. The summed E-state index contributed by atoms with van der Waals surface area (Å²) in [6, 6.07) is 12.1. The maximum absolute atomic E-state index is 14.0. The van der Waals surface area contributed by atoms with Gasteiger partial charge in [0, 0.05) is 30.1 Å². The maximum Gasteiger partial charge on any atom is 0.273 e. The molecule has 2 aliphatic heterocycles. The minimum Gasteiger partial charge on any atom is -0.368 e. The van der Waals surface area contributed by atoms with Crippen molar-refractivity contribution in [1.29, 1.82) is 0 Å². The van der Waals surface area contributed by atoms with Gasteiger partial charge in [0.1, 0.15) is 5.69 Å². The van der Waals surface area contributed by atoms with Crippen LogP contribution in [0.1, 0.15) is 61.3 Å². The van der Waals surface area contributed by atoms with Crippen molar-refractivity contribution in [2.45, 2.75) is 77.0 Å². The van der Waals surface area contributed by atoms with Crippen molar-refractivity contribution >= 4 is 17.8 Å². The van der Waals surface area contributed by atoms with E-state index in [4.69, 9.17) is 5.73 Å². The Morgan fingerprint density at radius 2 is 1.81 bits per heavy atom. The van der Waals surface area contributed by atoms with Gasteiger partial charge < -0.3 is 15.5 Å². The van der Waals surface area contributed by atoms with Crippen LogP contribution >= 0.6 is 0 Å². The summed E-state index contributed by atoms with van der Waals surface area (Å²) in [7, 11) is 0. The summed E-state index contributed by atoms with van der Waals surface area (Å²) in [4.78, 5) is 39.5. The van der Waals surface area contributed by atoms with Crippen molar-refractivity contribution in [3.05, 3.63) is 53.3 Å². The van der Waals surface area contributed by atoms with Gasteiger partial charge in [0.05, 0.1) is 12.1 Å². The number of nitrogen functional groups attached to an aromatic ring is 1. The second kappa shape index (κ2) is 7.57. The third-order valence-corrected chi connectivity index (χ3v) is 7.93. The summed E-state index contributed by atoms with van der Waals surface area (Å²) in [5.74, 6) is 0.125. The number of hydrogen-bond acceptors (Lipinski definition) is 5. The molecular formula is C25H31N5O2. The number of anilines is 1. The Labute approximate surface area is 189 Å². The molecule has 1 aromatic heterocycles. The first-order valence-electron chi connectivity index (χ1n) is 11.6. The summed E-state index contributed by atoms with van der Waals surface area (Å²) in [5, 5.41) is 0. The Balaban J connectivity index is 1.63. The monoisotopic (exact) mass is 433 g/mol. The standard InChI is InChI=1S/C25H31N5O2/c1-15-12-18(28-24(26)27-15)23(32)30-19(13-17-8-5-4-6-9-17)20-14-25(3)21(29(20)16(2)31)10-7-11-22(25)30/h4-6,8-9,12,19-22H,7,10-11,13-14H2,1-3H3,(H2,26,27,28)/t19-,20-,21-,22+,25-/m0/s1. The third kappa shape index (κ3) is 3.17. The van der Waals surface area contributed by atoms with Gasteiger partial charge in [0.2, 0.25) is 11.9 Å². The zero-order chi connectivity index (χ0) is 22.6. The highest BCUT2D eigenvalue weighted by molar-refractivity contribution is 5.93. The molecule has 0 radical (unpaired) electrons. The van der Waals surface area contributed by atoms with Gasteiger partial charge in [-0.2, -0.15) is 0 Å². The quantitative estimate of drug-likeness (QED) is 0.803. The molecule has 2 N–H and O–H groups in total. The van der Waals surface area contributed by atoms with E-state index in [1.54, 1.807) is 13.0 Å². The van der Waals surface area contributed by atoms with E-state index >= 15 is 0 Å². The first-order valence-corrected chi connectivity index (χ1v) is 11.6. The second-order valence-electron chi connectivity index (χ2n) is 9.89. The van der Waals surface area contributed by atoms with Gasteiger partial charge in [-0.05, 0) is 50.7 Å². The summed E-state index contributed by atoms with van der Waals surface area (Å²) in [6.07, 6.45) is 4.60. The lowest BCUT2D eigenvalue weighted by Gasteiger charge is -2.52. The fourth-order valence-electron chi connectivity index (χ4n) is 6.76. The molecule has 2 aromatic rings. The van der Waals surface area contributed by atoms with E-state index < -0.39 is 0 Å². The highest BCUT2D eigenvalue weighted by atomic mass is 16.2. The van der Waals surface area contributed by atoms with Gasteiger partial charge in [-0.1, -0.05) is 37.3 Å². The molecule has 3 heterocycles. The largest absolute Gasteiger partial charge is 0.368 e. The number of carbonyl (C=O) groups excluding carboxylic acids is 2. The smallest absolute Gasteiger partial charge is 0.273 e. The lowest BCUT2D eigenvalue weighted by molar-refractivity contribution is -0.133. The molecule has 1 saturated carbocycles. The minimum atomic E-state index is -0.106. The van der Waals surface area contributed by atoms with Crippen LogP contribution in [0.5, 0.6) is 0 Å². The molecule has 0 unspecified atom stereocenters. The van der Waals surface area contributed by atoms with E-state index in [0.717, 1.165) is 25.7 Å². The Hall–Kier alpha value is -2.96. The van der Waals surface area contributed by atoms with Gasteiger partial charge in [-0.25, -0.2) is 9.97 Å². The zero-order valence-electron chi connectivity index (χ0n) is 19.0. The number of aryl methyl sites for hydroxylation is 1. The number of amides is 2. The summed E-state index contributed by atoms with van der Waals surface area (Å²) >= 11 is 0. The van der Waals surface area contributed by atoms with Crippen LogP contribution in [-0.4, -0.2) is 55.7 Å². The molecule has 2 amide bonds. The van der Waals surface area contributed by atoms with Gasteiger partial charge in [0.15, 0.2) is 0 Å². The van der Waals surface area contributed by atoms with Crippen LogP contribution in [-0.2, 0) is 11.2 Å². The predicted octanol–water partition coefficient (Wildman–Crippen LogP) is 2.98. The van der Waals surface area contributed by atoms with E-state index in [9.17, 15) is 9.59 Å². The van der Waals surface area contributed by atoms with Crippen LogP contribution in [0.4, 0.5) is 5.95 Å². The van der Waals surface area contributed by atoms with Crippen LogP contribution in [0.2, 0.25) is 0 Å².